The van der Waals surface area contributed by atoms with E-state index in [4.69, 9.17) is 4.42 Å². The number of hydrogen-bond donors (Lipinski definition) is 0. The largest absolute Gasteiger partial charge is 0.469 e. The number of carbonyl (C=O) groups excluding carboxylic acids is 1. The first-order valence-corrected chi connectivity index (χ1v) is 4.26. The molecule has 1 aliphatic rings. The fourth-order valence-corrected chi connectivity index (χ4v) is 1.25. The molecule has 0 spiro atoms. The van der Waals surface area contributed by atoms with Crippen molar-refractivity contribution in [2.24, 2.45) is 5.41 Å². The predicted octanol–water partition coefficient (Wildman–Crippen LogP) is 2.19. The second-order valence-electron chi connectivity index (χ2n) is 3.74. The van der Waals surface area contributed by atoms with Crippen LogP contribution in [0.5, 0.6) is 0 Å². The quantitative estimate of drug-likeness (QED) is 0.685. The molecular formula is C10H12O2. The summed E-state index contributed by atoms with van der Waals surface area (Å²) in [6.07, 6.45) is 4.17. The maximum Gasteiger partial charge on any atom is 0.146 e. The first kappa shape index (κ1) is 7.59. The maximum atomic E-state index is 11.5. The van der Waals surface area contributed by atoms with Crippen molar-refractivity contribution in [2.75, 3.05) is 0 Å². The Kier molecular flexibility index (Phi) is 1.56. The Morgan fingerprint density at radius 1 is 1.67 bits per heavy atom. The van der Waals surface area contributed by atoms with E-state index >= 15 is 0 Å². The lowest BCUT2D eigenvalue weighted by atomic mass is 10.0. The van der Waals surface area contributed by atoms with E-state index in [9.17, 15) is 4.79 Å². The summed E-state index contributed by atoms with van der Waals surface area (Å²) in [6.45, 7) is 2.03. The Morgan fingerprint density at radius 3 is 2.92 bits per heavy atom. The van der Waals surface area contributed by atoms with E-state index in [1.54, 1.807) is 6.26 Å². The van der Waals surface area contributed by atoms with Crippen molar-refractivity contribution < 1.29 is 9.21 Å². The molecule has 0 unspecified atom stereocenters. The van der Waals surface area contributed by atoms with Crippen LogP contribution in [0.25, 0.3) is 0 Å². The Labute approximate surface area is 71.6 Å². The lowest BCUT2D eigenvalue weighted by Gasteiger charge is -2.03. The van der Waals surface area contributed by atoms with Gasteiger partial charge in [0.25, 0.3) is 0 Å². The first-order valence-electron chi connectivity index (χ1n) is 4.26. The number of carbonyl (C=O) groups is 1. The van der Waals surface area contributed by atoms with Crippen LogP contribution >= 0.6 is 0 Å². The zero-order valence-electron chi connectivity index (χ0n) is 7.17. The average molecular weight is 164 g/mol. The summed E-state index contributed by atoms with van der Waals surface area (Å²) < 4.78 is 5.11. The summed E-state index contributed by atoms with van der Waals surface area (Å²) in [6, 6.07) is 3.67. The highest BCUT2D eigenvalue weighted by atomic mass is 16.3. The molecule has 12 heavy (non-hydrogen) atoms. The Bertz CT molecular complexity index is 281. The van der Waals surface area contributed by atoms with Crippen LogP contribution < -0.4 is 0 Å². The zero-order chi connectivity index (χ0) is 8.60. The van der Waals surface area contributed by atoms with Crippen LogP contribution in [-0.4, -0.2) is 5.78 Å². The minimum absolute atomic E-state index is 0.0210. The van der Waals surface area contributed by atoms with Gasteiger partial charge in [0.2, 0.25) is 0 Å². The SMILES string of the molecule is CC1(C(=O)Cc2ccco2)CC1. The summed E-state index contributed by atoms with van der Waals surface area (Å²) in [4.78, 5) is 11.5. The molecule has 0 amide bonds. The normalized spacial score (nSPS) is 19.1. The summed E-state index contributed by atoms with van der Waals surface area (Å²) in [5.41, 5.74) is -0.0210. The molecule has 2 heteroatoms. The third-order valence-electron chi connectivity index (χ3n) is 2.59. The number of rotatable bonds is 3. The second-order valence-corrected chi connectivity index (χ2v) is 3.74. The molecule has 0 saturated heterocycles. The summed E-state index contributed by atoms with van der Waals surface area (Å²) in [5.74, 6) is 1.10. The molecule has 1 fully saturated rings. The molecule has 0 aliphatic heterocycles. The van der Waals surface area contributed by atoms with Crippen LogP contribution in [0, 0.1) is 5.41 Å². The number of Topliss-reactive ketones (excluding diaryl/α,β-unsaturated/α-hetero) is 1. The van der Waals surface area contributed by atoms with Gasteiger partial charge < -0.3 is 4.42 Å². The average Bonchev–Trinajstić information content (AvgIpc) is 2.63. The highest BCUT2D eigenvalue weighted by molar-refractivity contribution is 5.88. The van der Waals surface area contributed by atoms with Crippen LogP contribution in [0.3, 0.4) is 0 Å². The van der Waals surface area contributed by atoms with Crippen molar-refractivity contribution >= 4 is 5.78 Å². The van der Waals surface area contributed by atoms with Gasteiger partial charge in [-0.3, -0.25) is 4.79 Å². The lowest BCUT2D eigenvalue weighted by molar-refractivity contribution is -0.123. The van der Waals surface area contributed by atoms with Crippen molar-refractivity contribution in [3.8, 4) is 0 Å². The third-order valence-corrected chi connectivity index (χ3v) is 2.59. The van der Waals surface area contributed by atoms with Gasteiger partial charge in [-0.05, 0) is 25.0 Å². The molecule has 1 aliphatic carbocycles. The smallest absolute Gasteiger partial charge is 0.146 e. The first-order chi connectivity index (χ1) is 5.71. The van der Waals surface area contributed by atoms with E-state index in [2.05, 4.69) is 0 Å². The number of furan rings is 1. The van der Waals surface area contributed by atoms with Crippen LogP contribution in [0.1, 0.15) is 25.5 Å². The van der Waals surface area contributed by atoms with Gasteiger partial charge in [-0.2, -0.15) is 0 Å². The maximum absolute atomic E-state index is 11.5. The van der Waals surface area contributed by atoms with E-state index in [0.29, 0.717) is 12.2 Å². The Hall–Kier alpha value is -1.05. The minimum atomic E-state index is -0.0210. The van der Waals surface area contributed by atoms with E-state index in [1.165, 1.54) is 0 Å². The van der Waals surface area contributed by atoms with Crippen LogP contribution in [0.2, 0.25) is 0 Å². The third kappa shape index (κ3) is 1.29. The molecule has 0 radical (unpaired) electrons. The molecule has 1 saturated carbocycles. The number of hydrogen-bond acceptors (Lipinski definition) is 2. The Morgan fingerprint density at radius 2 is 2.42 bits per heavy atom. The van der Waals surface area contributed by atoms with Crippen LogP contribution in [0.4, 0.5) is 0 Å². The molecule has 0 bridgehead atoms. The van der Waals surface area contributed by atoms with Gasteiger partial charge in [0.05, 0.1) is 12.7 Å². The Balaban J connectivity index is 2.00. The molecular weight excluding hydrogens is 152 g/mol. The van der Waals surface area contributed by atoms with Crippen molar-refractivity contribution in [3.05, 3.63) is 24.2 Å². The summed E-state index contributed by atoms with van der Waals surface area (Å²) in [7, 11) is 0. The van der Waals surface area contributed by atoms with E-state index in [-0.39, 0.29) is 5.41 Å². The van der Waals surface area contributed by atoms with E-state index in [0.717, 1.165) is 18.6 Å². The van der Waals surface area contributed by atoms with Crippen LogP contribution in [0.15, 0.2) is 22.8 Å². The van der Waals surface area contributed by atoms with Crippen molar-refractivity contribution in [1.29, 1.82) is 0 Å². The topological polar surface area (TPSA) is 30.2 Å². The highest BCUT2D eigenvalue weighted by Gasteiger charge is 2.44. The van der Waals surface area contributed by atoms with Gasteiger partial charge in [0, 0.05) is 5.41 Å². The standard InChI is InChI=1S/C10H12O2/c1-10(4-5-10)9(11)7-8-3-2-6-12-8/h2-3,6H,4-5,7H2,1H3. The molecule has 1 aromatic rings. The van der Waals surface area contributed by atoms with Gasteiger partial charge in [-0.15, -0.1) is 0 Å². The van der Waals surface area contributed by atoms with Crippen molar-refractivity contribution in [1.82, 2.24) is 0 Å². The zero-order valence-corrected chi connectivity index (χ0v) is 7.17. The highest BCUT2D eigenvalue weighted by Crippen LogP contribution is 2.46. The van der Waals surface area contributed by atoms with Crippen LogP contribution in [-0.2, 0) is 11.2 Å². The van der Waals surface area contributed by atoms with Gasteiger partial charge in [-0.25, -0.2) is 0 Å². The van der Waals surface area contributed by atoms with Gasteiger partial charge in [0.1, 0.15) is 11.5 Å². The van der Waals surface area contributed by atoms with E-state index in [1.807, 2.05) is 19.1 Å². The summed E-state index contributed by atoms with van der Waals surface area (Å²) >= 11 is 0. The van der Waals surface area contributed by atoms with Gasteiger partial charge in [0.15, 0.2) is 0 Å². The lowest BCUT2D eigenvalue weighted by Crippen LogP contribution is -2.13. The van der Waals surface area contributed by atoms with Crippen molar-refractivity contribution in [2.45, 2.75) is 26.2 Å². The predicted molar refractivity (Wildman–Crippen MR) is 44.8 cm³/mol. The molecule has 0 atom stereocenters. The molecule has 0 aromatic carbocycles. The van der Waals surface area contributed by atoms with Gasteiger partial charge in [-0.1, -0.05) is 6.92 Å². The van der Waals surface area contributed by atoms with Gasteiger partial charge >= 0.3 is 0 Å². The minimum Gasteiger partial charge on any atom is -0.469 e. The molecule has 1 aromatic heterocycles. The van der Waals surface area contributed by atoms with Crippen molar-refractivity contribution in [3.63, 3.8) is 0 Å². The second kappa shape index (κ2) is 2.47. The molecule has 1 heterocycles. The summed E-state index contributed by atoms with van der Waals surface area (Å²) in [5, 5.41) is 0. The monoisotopic (exact) mass is 164 g/mol. The fourth-order valence-electron chi connectivity index (χ4n) is 1.25. The molecule has 2 nitrogen and oxygen atoms in total. The molecule has 0 N–H and O–H groups in total. The van der Waals surface area contributed by atoms with E-state index < -0.39 is 0 Å². The number of ketones is 1. The fraction of sp³-hybridized carbons (Fsp3) is 0.500. The molecule has 64 valence electrons. The molecule has 2 rings (SSSR count).